The number of hydrogen-bond donors (Lipinski definition) is 2. The lowest BCUT2D eigenvalue weighted by atomic mass is 9.78. The molecule has 2 rings (SSSR count). The molecule has 0 spiro atoms. The maximum Gasteiger partial charge on any atom is 0.314 e. The minimum Gasteiger partial charge on any atom is -0.481 e. The van der Waals surface area contributed by atoms with Gasteiger partial charge in [0.2, 0.25) is 0 Å². The van der Waals surface area contributed by atoms with Gasteiger partial charge in [0.25, 0.3) is 0 Å². The van der Waals surface area contributed by atoms with Crippen molar-refractivity contribution in [2.75, 3.05) is 5.73 Å². The molecule has 1 saturated carbocycles. The number of hydrogen-bond acceptors (Lipinski definition) is 2. The van der Waals surface area contributed by atoms with E-state index < -0.39 is 17.2 Å². The number of carboxylic acid groups (broad SMARTS) is 1. The SMILES string of the molecule is Nc1c(Br)cc(F)cc1C1(C(=O)O)CCCC1. The van der Waals surface area contributed by atoms with E-state index in [0.717, 1.165) is 12.8 Å². The van der Waals surface area contributed by atoms with Gasteiger partial charge < -0.3 is 10.8 Å². The topological polar surface area (TPSA) is 63.3 Å². The standard InChI is InChI=1S/C12H13BrFNO2/c13-9-6-7(14)5-8(10(9)15)12(11(16)17)3-1-2-4-12/h5-6H,1-4,15H2,(H,16,17). The molecule has 3 nitrogen and oxygen atoms in total. The number of nitrogen functional groups attached to an aromatic ring is 1. The average molecular weight is 302 g/mol. The second-order valence-corrected chi connectivity index (χ2v) is 5.30. The number of nitrogens with two attached hydrogens (primary N) is 1. The Bertz CT molecular complexity index is 470. The molecular weight excluding hydrogens is 289 g/mol. The third kappa shape index (κ3) is 1.92. The van der Waals surface area contributed by atoms with Crippen molar-refractivity contribution < 1.29 is 14.3 Å². The van der Waals surface area contributed by atoms with Gasteiger partial charge >= 0.3 is 5.97 Å². The Balaban J connectivity index is 2.62. The Labute approximate surface area is 107 Å². The fraction of sp³-hybridized carbons (Fsp3) is 0.417. The van der Waals surface area contributed by atoms with Crippen LogP contribution in [0.1, 0.15) is 31.2 Å². The van der Waals surface area contributed by atoms with Gasteiger partial charge in [-0.2, -0.15) is 0 Å². The maximum atomic E-state index is 13.4. The Kier molecular flexibility index (Phi) is 3.12. The van der Waals surface area contributed by atoms with Gasteiger partial charge in [0.15, 0.2) is 0 Å². The van der Waals surface area contributed by atoms with E-state index in [2.05, 4.69) is 15.9 Å². The van der Waals surface area contributed by atoms with Gasteiger partial charge in [0.05, 0.1) is 11.1 Å². The van der Waals surface area contributed by atoms with Gasteiger partial charge in [-0.15, -0.1) is 0 Å². The minimum atomic E-state index is -1.02. The molecule has 0 aliphatic heterocycles. The zero-order valence-electron chi connectivity index (χ0n) is 9.17. The van der Waals surface area contributed by atoms with Gasteiger partial charge in [-0.05, 0) is 46.5 Å². The smallest absolute Gasteiger partial charge is 0.314 e. The molecule has 0 saturated heterocycles. The van der Waals surface area contributed by atoms with E-state index in [4.69, 9.17) is 5.73 Å². The molecule has 0 atom stereocenters. The van der Waals surface area contributed by atoms with Crippen molar-refractivity contribution in [1.29, 1.82) is 0 Å². The highest BCUT2D eigenvalue weighted by Gasteiger charge is 2.44. The number of benzene rings is 1. The zero-order valence-corrected chi connectivity index (χ0v) is 10.8. The summed E-state index contributed by atoms with van der Waals surface area (Å²) in [6.45, 7) is 0. The highest BCUT2D eigenvalue weighted by atomic mass is 79.9. The lowest BCUT2D eigenvalue weighted by Crippen LogP contribution is -2.33. The molecular formula is C12H13BrFNO2. The van der Waals surface area contributed by atoms with Crippen molar-refractivity contribution in [3.8, 4) is 0 Å². The number of rotatable bonds is 2. The molecule has 1 aliphatic rings. The Morgan fingerprint density at radius 1 is 1.41 bits per heavy atom. The number of carboxylic acids is 1. The van der Waals surface area contributed by atoms with Crippen molar-refractivity contribution >= 4 is 27.6 Å². The third-order valence-electron chi connectivity index (χ3n) is 3.48. The zero-order chi connectivity index (χ0) is 12.6. The van der Waals surface area contributed by atoms with Crippen molar-refractivity contribution in [2.24, 2.45) is 0 Å². The molecule has 5 heteroatoms. The predicted octanol–water partition coefficient (Wildman–Crippen LogP) is 3.07. The number of carbonyl (C=O) groups is 1. The van der Waals surface area contributed by atoms with Crippen LogP contribution in [0.4, 0.5) is 10.1 Å². The summed E-state index contributed by atoms with van der Waals surface area (Å²) in [5.74, 6) is -1.38. The van der Waals surface area contributed by atoms with Gasteiger partial charge in [0, 0.05) is 4.47 Å². The highest BCUT2D eigenvalue weighted by molar-refractivity contribution is 9.10. The van der Waals surface area contributed by atoms with Crippen molar-refractivity contribution in [2.45, 2.75) is 31.1 Å². The molecule has 0 aromatic heterocycles. The van der Waals surface area contributed by atoms with Gasteiger partial charge in [-0.3, -0.25) is 4.79 Å². The largest absolute Gasteiger partial charge is 0.481 e. The van der Waals surface area contributed by atoms with Crippen LogP contribution in [-0.2, 0) is 10.2 Å². The highest BCUT2D eigenvalue weighted by Crippen LogP contribution is 2.45. The molecule has 0 amide bonds. The monoisotopic (exact) mass is 301 g/mol. The van der Waals surface area contributed by atoms with Crippen molar-refractivity contribution in [1.82, 2.24) is 0 Å². The Morgan fingerprint density at radius 2 is 2.00 bits per heavy atom. The average Bonchev–Trinajstić information content (AvgIpc) is 2.73. The van der Waals surface area contributed by atoms with E-state index in [1.807, 2.05) is 0 Å². The number of halogens is 2. The van der Waals surface area contributed by atoms with Crippen LogP contribution in [0.25, 0.3) is 0 Å². The fourth-order valence-corrected chi connectivity index (χ4v) is 2.99. The normalized spacial score (nSPS) is 18.2. The van der Waals surface area contributed by atoms with E-state index in [1.54, 1.807) is 0 Å². The summed E-state index contributed by atoms with van der Waals surface area (Å²) in [6, 6.07) is 2.50. The molecule has 1 fully saturated rings. The summed E-state index contributed by atoms with van der Waals surface area (Å²) in [6.07, 6.45) is 2.70. The lowest BCUT2D eigenvalue weighted by molar-refractivity contribution is -0.143. The first-order valence-corrected chi connectivity index (χ1v) is 6.25. The van der Waals surface area contributed by atoms with E-state index in [1.165, 1.54) is 12.1 Å². The Morgan fingerprint density at radius 3 is 2.53 bits per heavy atom. The maximum absolute atomic E-state index is 13.4. The summed E-state index contributed by atoms with van der Waals surface area (Å²) in [4.78, 5) is 11.5. The molecule has 0 unspecified atom stereocenters. The molecule has 1 aromatic rings. The molecule has 0 heterocycles. The summed E-state index contributed by atoms with van der Waals surface area (Å²) < 4.78 is 13.8. The van der Waals surface area contributed by atoms with Crippen LogP contribution in [0.2, 0.25) is 0 Å². The number of aliphatic carboxylic acids is 1. The Hall–Kier alpha value is -1.10. The van der Waals surface area contributed by atoms with Crippen LogP contribution >= 0.6 is 15.9 Å². The summed E-state index contributed by atoms with van der Waals surface area (Å²) in [7, 11) is 0. The van der Waals surface area contributed by atoms with Crippen LogP contribution in [0.3, 0.4) is 0 Å². The van der Waals surface area contributed by atoms with Crippen LogP contribution in [0.5, 0.6) is 0 Å². The first-order chi connectivity index (χ1) is 7.97. The fourth-order valence-electron chi connectivity index (χ4n) is 2.56. The first kappa shape index (κ1) is 12.4. The third-order valence-corrected chi connectivity index (χ3v) is 4.13. The molecule has 17 heavy (non-hydrogen) atoms. The van der Waals surface area contributed by atoms with Crippen molar-refractivity contribution in [3.63, 3.8) is 0 Å². The van der Waals surface area contributed by atoms with E-state index in [0.29, 0.717) is 28.6 Å². The molecule has 0 radical (unpaired) electrons. The van der Waals surface area contributed by atoms with Gasteiger partial charge in [-0.25, -0.2) is 4.39 Å². The quantitative estimate of drug-likeness (QED) is 0.825. The van der Waals surface area contributed by atoms with Crippen LogP contribution in [0.15, 0.2) is 16.6 Å². The second kappa shape index (κ2) is 4.29. The van der Waals surface area contributed by atoms with E-state index in [9.17, 15) is 14.3 Å². The lowest BCUT2D eigenvalue weighted by Gasteiger charge is -2.26. The number of anilines is 1. The molecule has 92 valence electrons. The molecule has 1 aromatic carbocycles. The molecule has 1 aliphatic carbocycles. The van der Waals surface area contributed by atoms with E-state index >= 15 is 0 Å². The molecule has 0 bridgehead atoms. The van der Waals surface area contributed by atoms with E-state index in [-0.39, 0.29) is 0 Å². The minimum absolute atomic E-state index is 0.329. The summed E-state index contributed by atoms with van der Waals surface area (Å²) >= 11 is 3.16. The second-order valence-electron chi connectivity index (χ2n) is 4.44. The summed E-state index contributed by atoms with van der Waals surface area (Å²) in [5, 5.41) is 9.43. The molecule has 3 N–H and O–H groups in total. The van der Waals surface area contributed by atoms with Crippen LogP contribution in [0, 0.1) is 5.82 Å². The summed E-state index contributed by atoms with van der Waals surface area (Å²) in [5.41, 5.74) is 5.59. The predicted molar refractivity (Wildman–Crippen MR) is 66.3 cm³/mol. The van der Waals surface area contributed by atoms with Gasteiger partial charge in [0.1, 0.15) is 5.82 Å². The van der Waals surface area contributed by atoms with Crippen LogP contribution in [-0.4, -0.2) is 11.1 Å². The van der Waals surface area contributed by atoms with Crippen LogP contribution < -0.4 is 5.73 Å². The van der Waals surface area contributed by atoms with Gasteiger partial charge in [-0.1, -0.05) is 12.8 Å². The van der Waals surface area contributed by atoms with Crippen molar-refractivity contribution in [3.05, 3.63) is 28.0 Å². The first-order valence-electron chi connectivity index (χ1n) is 5.46.